The van der Waals surface area contributed by atoms with Crippen LogP contribution >= 0.6 is 0 Å². The van der Waals surface area contributed by atoms with Gasteiger partial charge in [-0.15, -0.1) is 0 Å². The van der Waals surface area contributed by atoms with Gasteiger partial charge in [-0.2, -0.15) is 5.26 Å². The maximum atomic E-state index is 11.8. The molecule has 0 radical (unpaired) electrons. The number of phenolic OH excluding ortho intramolecular Hbond substituents is 3. The molecule has 6 aromatic carbocycles. The van der Waals surface area contributed by atoms with Gasteiger partial charge in [-0.25, -0.2) is 33.6 Å². The highest BCUT2D eigenvalue weighted by Crippen LogP contribution is 2.40. The largest absolute Gasteiger partial charge is 0.508 e. The number of ether oxygens (including phenoxy) is 9. The summed E-state index contributed by atoms with van der Waals surface area (Å²) in [5.41, 5.74) is 8.15. The van der Waals surface area contributed by atoms with Crippen molar-refractivity contribution in [1.82, 2.24) is 22.1 Å². The second kappa shape index (κ2) is 63.4. The molecule has 3 atom stereocenters. The number of phenols is 3. The van der Waals surface area contributed by atoms with Gasteiger partial charge in [0.05, 0.1) is 34.4 Å². The van der Waals surface area contributed by atoms with Crippen LogP contribution in [0.25, 0.3) is 0 Å². The number of hydrogen-bond acceptors (Lipinski definition) is 27. The Morgan fingerprint density at radius 3 is 1.13 bits per heavy atom. The highest BCUT2D eigenvalue weighted by molar-refractivity contribution is 5.82. The van der Waals surface area contributed by atoms with Gasteiger partial charge in [0.15, 0.2) is 6.10 Å². The fourth-order valence-electron chi connectivity index (χ4n) is 10.9. The number of rotatable bonds is 23. The standard InChI is InChI=1S/C20H31NO5.C19H31NO4.C16H25NO3.C11H15NO2.C11H12O2.C6H10O2.C6H6O.C4H8O3.C2H4O3.CH4O.2CH4.H3N/c1-14(17(22)24-7)25-16-11-9-8-10-15(16)20(5,6)12-13-21-18(23)26-19(2,3)4;1-14(13-21)23-16-10-8-7-9-15(16)19(5,6)11-12-20-17(22)24-18(2,3)4;1-15(2,3)20-14(19)17-11-10-16(4,5)12-8-6-7-9-13(12)18;1-11(2,7-10(12)14)8-5-3-4-6-9(8)13;1-11(2)7-10(12)13-9-6-4-3-5-8(9)11;1-5(2)4-6(7)8-3;7-6-4-2-1-3-5-6;1-3(5)4(6)7-2;1-2(3)5-4;1-2;;;/h8-11,14H,12-13H2,1-7H3,(H,21,23);7-10,14,21H,11-13H2,1-6H3,(H,20,22);6-9,18H,10-11H2,1-5H3,(H,17,19);3-6,13H,7H2,1-2H3,(H2,12,14);3-6H,7H2,1-2H3;4H,1-3H3;1-5,7H;3,5H,1-2H3;4H,1H3;2H,1H3;2*1H4;1H3/t2*14-;;;;;;3-;;;;;/m11.....0...../s1. The van der Waals surface area contributed by atoms with Gasteiger partial charge in [0.1, 0.15) is 63.5 Å². The van der Waals surface area contributed by atoms with Crippen molar-refractivity contribution < 1.29 is 127 Å². The molecule has 1 aliphatic heterocycles. The van der Waals surface area contributed by atoms with Crippen LogP contribution in [0.4, 0.5) is 14.4 Å². The molecule has 0 unspecified atom stereocenters. The normalized spacial score (nSPS) is 12.1. The molecule has 0 fully saturated rings. The summed E-state index contributed by atoms with van der Waals surface area (Å²) in [6.45, 7) is 47.9. The number of carbonyl (C=O) groups excluding carboxylic acids is 9. The molecule has 0 spiro atoms. The van der Waals surface area contributed by atoms with E-state index in [1.807, 2.05) is 208 Å². The first kappa shape index (κ1) is 128. The number of carbonyl (C=O) groups is 9. The maximum Gasteiger partial charge on any atom is 0.407 e. The molecule has 0 saturated heterocycles. The van der Waals surface area contributed by atoms with E-state index in [0.717, 1.165) is 59.6 Å². The van der Waals surface area contributed by atoms with Crippen molar-refractivity contribution in [2.45, 2.75) is 282 Å². The minimum Gasteiger partial charge on any atom is -0.508 e. The number of amides is 4. The lowest BCUT2D eigenvalue weighted by Gasteiger charge is -2.30. The van der Waals surface area contributed by atoms with Crippen molar-refractivity contribution in [3.8, 4) is 34.5 Å². The van der Waals surface area contributed by atoms with Gasteiger partial charge >= 0.3 is 48.1 Å². The van der Waals surface area contributed by atoms with E-state index < -0.39 is 70.6 Å². The van der Waals surface area contributed by atoms with Gasteiger partial charge in [-0.3, -0.25) is 9.59 Å². The lowest BCUT2D eigenvalue weighted by Crippen LogP contribution is -2.35. The van der Waals surface area contributed by atoms with Gasteiger partial charge in [-0.1, -0.05) is 199 Å². The van der Waals surface area contributed by atoms with Crippen LogP contribution in [0.5, 0.6) is 34.5 Å². The molecule has 0 saturated carbocycles. The smallest absolute Gasteiger partial charge is 0.407 e. The van der Waals surface area contributed by atoms with Crippen LogP contribution in [0.1, 0.15) is 248 Å². The van der Waals surface area contributed by atoms with Crippen molar-refractivity contribution in [3.05, 3.63) is 191 Å². The summed E-state index contributed by atoms with van der Waals surface area (Å²) in [5, 5.41) is 68.3. The number of aromatic hydroxyl groups is 3. The minimum absolute atomic E-state index is 0. The predicted molar refractivity (Wildman–Crippen MR) is 505 cm³/mol. The van der Waals surface area contributed by atoms with Crippen molar-refractivity contribution in [3.63, 3.8) is 0 Å². The molecule has 4 amide bonds. The number of hydrogen-bond donors (Lipinski definition) is 12. The number of aliphatic hydroxyl groups is 3. The molecule has 6 aromatic rings. The van der Waals surface area contributed by atoms with E-state index in [9.17, 15) is 58.5 Å². The van der Waals surface area contributed by atoms with Crippen LogP contribution in [0, 0.1) is 0 Å². The summed E-state index contributed by atoms with van der Waals surface area (Å²) >= 11 is 0. The van der Waals surface area contributed by atoms with Crippen LogP contribution in [-0.2, 0) is 89.2 Å². The van der Waals surface area contributed by atoms with E-state index in [-0.39, 0.29) is 91.1 Å². The van der Waals surface area contributed by atoms with Crippen molar-refractivity contribution in [1.29, 1.82) is 0 Å². The molecule has 31 nitrogen and oxygen atoms in total. The molecule has 15 N–H and O–H groups in total. The van der Waals surface area contributed by atoms with Crippen LogP contribution in [0.15, 0.2) is 163 Å². The quantitative estimate of drug-likeness (QED) is 0.00708. The second-order valence-corrected chi connectivity index (χ2v) is 35.0. The molecule has 1 heterocycles. The Balaban J connectivity index is -0.000000342. The van der Waals surface area contributed by atoms with Gasteiger partial charge in [0.25, 0.3) is 0 Å². The van der Waals surface area contributed by atoms with E-state index in [1.165, 1.54) is 34.3 Å². The van der Waals surface area contributed by atoms with E-state index in [4.69, 9.17) is 59.5 Å². The van der Waals surface area contributed by atoms with Crippen molar-refractivity contribution in [2.24, 2.45) is 5.73 Å². The SMILES string of the molecule is C.C.CC(=O)OO.CC(C)(C)OC(=O)NCCC(C)(C)c1ccccc1O.CC(C)(CC(N)=O)c1ccccc1O.CC1(C)CC(=O)Oc2ccccc21.CO.COC(=O)C=C(C)C.COC(=O)[C@@H](C)Oc1ccccc1C(C)(C)CCNC(=O)OC(C)(C)C.COC(=O)[C@H](C)O.C[C@H](CO)Oc1ccccc1C(C)(C)CCNC(=O)OC(C)(C)C.N.Oc1ccccc1. The molecule has 0 bridgehead atoms. The Bertz CT molecular complexity index is 4250. The average Bonchev–Trinajstić information content (AvgIpc) is 0.782. The van der Waals surface area contributed by atoms with Gasteiger partial charge < -0.3 is 106 Å². The highest BCUT2D eigenvalue weighted by Gasteiger charge is 2.34. The predicted octanol–water partition coefficient (Wildman–Crippen LogP) is 18.0. The Morgan fingerprint density at radius 2 is 0.829 bits per heavy atom. The van der Waals surface area contributed by atoms with Crippen LogP contribution in [0.2, 0.25) is 0 Å². The fraction of sp³-hybridized carbons (Fsp3) is 0.520. The molecule has 31 heteroatoms. The third-order valence-corrected chi connectivity index (χ3v) is 17.3. The third kappa shape index (κ3) is 58.6. The number of fused-ring (bicyclic) bond motifs is 1. The summed E-state index contributed by atoms with van der Waals surface area (Å²) in [7, 11) is 4.93. The zero-order valence-electron chi connectivity index (χ0n) is 80.3. The summed E-state index contributed by atoms with van der Waals surface area (Å²) in [4.78, 5) is 102. The molecule has 0 aliphatic carbocycles. The van der Waals surface area contributed by atoms with E-state index in [2.05, 4.69) is 71.9 Å². The van der Waals surface area contributed by atoms with E-state index >= 15 is 0 Å². The third-order valence-electron chi connectivity index (χ3n) is 17.3. The van der Waals surface area contributed by atoms with Gasteiger partial charge in [0, 0.05) is 62.6 Å². The summed E-state index contributed by atoms with van der Waals surface area (Å²) in [6, 6.07) is 46.1. The number of esters is 4. The number of benzene rings is 6. The number of primary amides is 1. The highest BCUT2D eigenvalue weighted by atomic mass is 17.1. The molecule has 1 aliphatic rings. The van der Waals surface area contributed by atoms with Crippen molar-refractivity contribution >= 4 is 54.0 Å². The molecule has 0 aromatic heterocycles. The zero-order valence-corrected chi connectivity index (χ0v) is 80.3. The first-order chi connectivity index (χ1) is 58.2. The minimum atomic E-state index is -0.995. The number of nitrogens with one attached hydrogen (secondary N) is 3. The van der Waals surface area contributed by atoms with Crippen LogP contribution < -0.4 is 42.0 Å². The zero-order chi connectivity index (χ0) is 97.8. The van der Waals surface area contributed by atoms with E-state index in [1.54, 1.807) is 61.5 Å². The first-order valence-corrected chi connectivity index (χ1v) is 40.9. The summed E-state index contributed by atoms with van der Waals surface area (Å²) < 4.78 is 45.6. The lowest BCUT2D eigenvalue weighted by atomic mass is 9.80. The van der Waals surface area contributed by atoms with Crippen LogP contribution in [-0.4, -0.2) is 180 Å². The number of methoxy groups -OCH3 is 3. The average molecular weight is 1820 g/mol. The Kier molecular flexibility index (Phi) is 63.1. The van der Waals surface area contributed by atoms with E-state index in [0.29, 0.717) is 56.1 Å². The molecule has 129 heavy (non-hydrogen) atoms. The molecule has 730 valence electrons. The lowest BCUT2D eigenvalue weighted by molar-refractivity contribution is -0.231. The van der Waals surface area contributed by atoms with Gasteiger partial charge in [0.2, 0.25) is 5.91 Å². The number of allylic oxidation sites excluding steroid dienone is 1. The van der Waals surface area contributed by atoms with Crippen molar-refractivity contribution in [2.75, 3.05) is 54.7 Å². The Morgan fingerprint density at radius 1 is 0.496 bits per heavy atom. The molecular formula is C98H157N5O26. The Labute approximate surface area is 767 Å². The summed E-state index contributed by atoms with van der Waals surface area (Å²) in [6.07, 6.45) is 1.06. The fourth-order valence-corrected chi connectivity index (χ4v) is 10.9. The molecular weight excluding hydrogens is 1660 g/mol. The second-order valence-electron chi connectivity index (χ2n) is 35.0. The van der Waals surface area contributed by atoms with Gasteiger partial charge in [-0.05, 0) is 197 Å². The number of nitrogens with two attached hydrogens (primary N) is 1. The number of alkyl carbamates (subject to hydrolysis) is 3. The van der Waals surface area contributed by atoms with Crippen LogP contribution in [0.3, 0.4) is 0 Å². The Hall–Kier alpha value is -11.5. The first-order valence-electron chi connectivity index (χ1n) is 40.9. The molecule has 7 rings (SSSR count). The summed E-state index contributed by atoms with van der Waals surface area (Å²) in [5.74, 6) is 0.426. The topological polar surface area (TPSA) is 485 Å². The monoisotopic (exact) mass is 1820 g/mol. The number of para-hydroxylation sites is 6. The maximum absolute atomic E-state index is 11.8. The number of aliphatic hydroxyl groups excluding tert-OH is 3.